The zero-order valence-electron chi connectivity index (χ0n) is 16.6. The highest BCUT2D eigenvalue weighted by molar-refractivity contribution is 7.10. The fourth-order valence-electron chi connectivity index (χ4n) is 3.89. The highest BCUT2D eigenvalue weighted by Gasteiger charge is 2.20. The maximum atomic E-state index is 12.6. The third-order valence-electron chi connectivity index (χ3n) is 5.42. The van der Waals surface area contributed by atoms with Crippen molar-refractivity contribution in [1.82, 2.24) is 0 Å². The van der Waals surface area contributed by atoms with Crippen molar-refractivity contribution in [2.75, 3.05) is 29.9 Å². The van der Waals surface area contributed by atoms with Gasteiger partial charge in [0, 0.05) is 30.0 Å². The van der Waals surface area contributed by atoms with Crippen LogP contribution in [0.25, 0.3) is 0 Å². The number of carbonyl (C=O) groups excluding carboxylic acids is 1. The van der Waals surface area contributed by atoms with Crippen LogP contribution in [0.2, 0.25) is 0 Å². The topological polar surface area (TPSA) is 49.0 Å². The molecule has 0 unspecified atom stereocenters. The van der Waals surface area contributed by atoms with E-state index in [1.54, 1.807) is 11.3 Å². The number of amides is 1. The quantitative estimate of drug-likeness (QED) is 0.622. The van der Waals surface area contributed by atoms with E-state index in [9.17, 15) is 4.79 Å². The van der Waals surface area contributed by atoms with E-state index < -0.39 is 0 Å². The lowest BCUT2D eigenvalue weighted by Crippen LogP contribution is -2.87. The molecule has 0 radical (unpaired) electrons. The van der Waals surface area contributed by atoms with Crippen LogP contribution in [0.15, 0.2) is 72.1 Å². The third kappa shape index (κ3) is 5.25. The van der Waals surface area contributed by atoms with Crippen molar-refractivity contribution in [2.45, 2.75) is 25.3 Å². The Labute approximate surface area is 176 Å². The van der Waals surface area contributed by atoms with Crippen molar-refractivity contribution >= 4 is 28.6 Å². The predicted octanol–water partition coefficient (Wildman–Crippen LogP) is 4.03. The van der Waals surface area contributed by atoms with Crippen LogP contribution < -0.4 is 15.5 Å². The molecule has 4 rings (SSSR count). The van der Waals surface area contributed by atoms with E-state index in [-0.39, 0.29) is 11.9 Å². The lowest BCUT2D eigenvalue weighted by atomic mass is 10.1. The summed E-state index contributed by atoms with van der Waals surface area (Å²) in [6, 6.07) is 23.0. The largest absolute Gasteiger partial charge is 0.372 e. The molecule has 2 heterocycles. The molecule has 3 aromatic rings. The van der Waals surface area contributed by atoms with Gasteiger partial charge in [0.1, 0.15) is 6.04 Å². The van der Waals surface area contributed by atoms with Gasteiger partial charge in [-0.2, -0.15) is 0 Å². The summed E-state index contributed by atoms with van der Waals surface area (Å²) in [5, 5.41) is 7.23. The number of nitrogens with two attached hydrogens (primary N) is 1. The number of quaternary nitrogens is 1. The molecular weight excluding hydrogens is 378 g/mol. The van der Waals surface area contributed by atoms with Crippen molar-refractivity contribution in [3.8, 4) is 0 Å². The SMILES string of the molecule is O=C(C[NH2+][C@@H](c1ccccc1)c1cccs1)Nc1ccc(N2CCCCC2)cc1. The summed E-state index contributed by atoms with van der Waals surface area (Å²) in [6.45, 7) is 2.64. The van der Waals surface area contributed by atoms with Gasteiger partial charge < -0.3 is 15.5 Å². The highest BCUT2D eigenvalue weighted by Crippen LogP contribution is 2.23. The molecule has 0 saturated carbocycles. The lowest BCUT2D eigenvalue weighted by Gasteiger charge is -2.28. The fraction of sp³-hybridized carbons (Fsp3) is 0.292. The molecule has 0 spiro atoms. The smallest absolute Gasteiger partial charge is 0.279 e. The summed E-state index contributed by atoms with van der Waals surface area (Å²) in [6.07, 6.45) is 3.86. The maximum absolute atomic E-state index is 12.6. The molecule has 1 aliphatic rings. The normalized spacial score (nSPS) is 15.1. The van der Waals surface area contributed by atoms with Crippen molar-refractivity contribution in [3.05, 3.63) is 82.6 Å². The number of thiophene rings is 1. The molecule has 29 heavy (non-hydrogen) atoms. The number of rotatable bonds is 7. The second kappa shape index (κ2) is 9.72. The summed E-state index contributed by atoms with van der Waals surface area (Å²) in [7, 11) is 0. The average Bonchev–Trinajstić information content (AvgIpc) is 3.30. The van der Waals surface area contributed by atoms with E-state index in [4.69, 9.17) is 0 Å². The molecule has 0 aliphatic carbocycles. The Bertz CT molecular complexity index is 888. The van der Waals surface area contributed by atoms with Crippen LogP contribution in [0.5, 0.6) is 0 Å². The molecule has 1 aromatic heterocycles. The summed E-state index contributed by atoms with van der Waals surface area (Å²) in [5.41, 5.74) is 3.32. The Morgan fingerprint density at radius 3 is 2.41 bits per heavy atom. The summed E-state index contributed by atoms with van der Waals surface area (Å²) in [5.74, 6) is 0.0215. The molecule has 1 aliphatic heterocycles. The van der Waals surface area contributed by atoms with E-state index in [1.807, 2.05) is 30.3 Å². The van der Waals surface area contributed by atoms with E-state index in [0.717, 1.165) is 18.8 Å². The third-order valence-corrected chi connectivity index (χ3v) is 6.38. The van der Waals surface area contributed by atoms with Gasteiger partial charge in [0.05, 0.1) is 4.88 Å². The lowest BCUT2D eigenvalue weighted by molar-refractivity contribution is -0.675. The van der Waals surface area contributed by atoms with Crippen LogP contribution in [-0.4, -0.2) is 25.5 Å². The molecule has 150 valence electrons. The standard InChI is InChI=1S/C24H27N3OS/c28-23(26-20-11-13-21(14-12-20)27-15-5-2-6-16-27)18-25-24(22-10-7-17-29-22)19-8-3-1-4-9-19/h1,3-4,7-14,17,24-25H,2,5-6,15-16,18H2,(H,26,28)/p+1/t24-/m0/s1. The second-order valence-electron chi connectivity index (χ2n) is 7.49. The minimum absolute atomic E-state index is 0.0215. The van der Waals surface area contributed by atoms with Crippen LogP contribution >= 0.6 is 11.3 Å². The Balaban J connectivity index is 1.35. The van der Waals surface area contributed by atoms with Gasteiger partial charge in [0.15, 0.2) is 6.54 Å². The minimum Gasteiger partial charge on any atom is -0.372 e. The number of hydrogen-bond acceptors (Lipinski definition) is 3. The number of hydrogen-bond donors (Lipinski definition) is 2. The van der Waals surface area contributed by atoms with E-state index in [2.05, 4.69) is 57.3 Å². The Morgan fingerprint density at radius 2 is 1.72 bits per heavy atom. The van der Waals surface area contributed by atoms with Gasteiger partial charge in [-0.1, -0.05) is 36.4 Å². The number of nitrogens with zero attached hydrogens (tertiary/aromatic N) is 1. The van der Waals surface area contributed by atoms with Gasteiger partial charge in [-0.3, -0.25) is 4.79 Å². The van der Waals surface area contributed by atoms with E-state index in [1.165, 1.54) is 35.4 Å². The van der Waals surface area contributed by atoms with Gasteiger partial charge in [0.25, 0.3) is 5.91 Å². The van der Waals surface area contributed by atoms with Gasteiger partial charge in [-0.15, -0.1) is 11.3 Å². The summed E-state index contributed by atoms with van der Waals surface area (Å²) < 4.78 is 0. The Kier molecular flexibility index (Phi) is 6.60. The van der Waals surface area contributed by atoms with Crippen LogP contribution in [-0.2, 0) is 4.79 Å². The molecule has 3 N–H and O–H groups in total. The second-order valence-corrected chi connectivity index (χ2v) is 8.47. The van der Waals surface area contributed by atoms with Crippen molar-refractivity contribution in [3.63, 3.8) is 0 Å². The van der Waals surface area contributed by atoms with E-state index >= 15 is 0 Å². The highest BCUT2D eigenvalue weighted by atomic mass is 32.1. The van der Waals surface area contributed by atoms with Crippen molar-refractivity contribution < 1.29 is 10.1 Å². The Hall–Kier alpha value is -2.63. The molecular formula is C24H28N3OS+. The molecule has 1 saturated heterocycles. The van der Waals surface area contributed by atoms with Crippen LogP contribution in [0.3, 0.4) is 0 Å². The molecule has 1 fully saturated rings. The monoisotopic (exact) mass is 406 g/mol. The van der Waals surface area contributed by atoms with E-state index in [0.29, 0.717) is 6.54 Å². The number of benzene rings is 2. The number of carbonyl (C=O) groups is 1. The summed E-state index contributed by atoms with van der Waals surface area (Å²) >= 11 is 1.73. The minimum atomic E-state index is 0.0215. The molecule has 4 nitrogen and oxygen atoms in total. The number of nitrogens with one attached hydrogen (secondary N) is 1. The first-order valence-corrected chi connectivity index (χ1v) is 11.2. The van der Waals surface area contributed by atoms with Gasteiger partial charge in [-0.25, -0.2) is 0 Å². The zero-order chi connectivity index (χ0) is 19.9. The van der Waals surface area contributed by atoms with Crippen molar-refractivity contribution in [1.29, 1.82) is 0 Å². The van der Waals surface area contributed by atoms with Crippen LogP contribution in [0.4, 0.5) is 11.4 Å². The molecule has 1 atom stereocenters. The first-order valence-electron chi connectivity index (χ1n) is 10.4. The maximum Gasteiger partial charge on any atom is 0.279 e. The van der Waals surface area contributed by atoms with Crippen LogP contribution in [0, 0.1) is 0 Å². The van der Waals surface area contributed by atoms with Gasteiger partial charge >= 0.3 is 0 Å². The first-order chi connectivity index (χ1) is 14.3. The van der Waals surface area contributed by atoms with Gasteiger partial charge in [0.2, 0.25) is 0 Å². The first kappa shape index (κ1) is 19.7. The predicted molar refractivity (Wildman–Crippen MR) is 121 cm³/mol. The van der Waals surface area contributed by atoms with Crippen molar-refractivity contribution in [2.24, 2.45) is 0 Å². The molecule has 5 heteroatoms. The van der Waals surface area contributed by atoms with Crippen LogP contribution in [0.1, 0.15) is 35.7 Å². The average molecular weight is 407 g/mol. The molecule has 0 bridgehead atoms. The summed E-state index contributed by atoms with van der Waals surface area (Å²) in [4.78, 5) is 16.2. The number of anilines is 2. The molecule has 1 amide bonds. The van der Waals surface area contributed by atoms with Gasteiger partial charge in [-0.05, 0) is 55.0 Å². The Morgan fingerprint density at radius 1 is 0.966 bits per heavy atom. The number of piperidine rings is 1. The fourth-order valence-corrected chi connectivity index (χ4v) is 4.74. The molecule has 2 aromatic carbocycles. The zero-order valence-corrected chi connectivity index (χ0v) is 17.4.